The fraction of sp³-hybridized carbons (Fsp3) is 0.400. The summed E-state index contributed by atoms with van der Waals surface area (Å²) in [6, 6.07) is 15.4. The Morgan fingerprint density at radius 2 is 1.12 bits per heavy atom. The largest absolute Gasteiger partial charge is 0.494 e. The second-order valence-electron chi connectivity index (χ2n) is 7.36. The lowest BCUT2D eigenvalue weighted by Gasteiger charge is -2.06. The molecule has 0 atom stereocenters. The van der Waals surface area contributed by atoms with Gasteiger partial charge in [0.2, 0.25) is 5.96 Å². The molecule has 0 unspecified atom stereocenters. The molecule has 0 aliphatic carbocycles. The predicted molar refractivity (Wildman–Crippen MR) is 139 cm³/mol. The van der Waals surface area contributed by atoms with Crippen molar-refractivity contribution in [2.24, 2.45) is 10.2 Å². The van der Waals surface area contributed by atoms with Crippen molar-refractivity contribution in [1.29, 1.82) is 5.41 Å². The molecule has 0 saturated carbocycles. The number of hydrogen-bond acceptors (Lipinski definition) is 5. The number of ether oxygens (including phenoxy) is 2. The summed E-state index contributed by atoms with van der Waals surface area (Å²) in [6.07, 6.45) is 10.1. The van der Waals surface area contributed by atoms with Crippen LogP contribution in [0, 0.1) is 5.41 Å². The summed E-state index contributed by atoms with van der Waals surface area (Å²) in [5.74, 6) is 1.68. The first kappa shape index (κ1) is 28.0. The van der Waals surface area contributed by atoms with Crippen molar-refractivity contribution in [3.63, 3.8) is 0 Å². The van der Waals surface area contributed by atoms with E-state index in [9.17, 15) is 0 Å². The third-order valence-corrected chi connectivity index (χ3v) is 4.57. The number of hydrogen-bond donors (Lipinski definition) is 3. The van der Waals surface area contributed by atoms with Gasteiger partial charge in [-0.3, -0.25) is 5.41 Å². The van der Waals surface area contributed by atoms with Crippen LogP contribution < -0.4 is 20.3 Å². The molecular formula is C25H36ClN5O2. The van der Waals surface area contributed by atoms with Gasteiger partial charge in [0, 0.05) is 0 Å². The lowest BCUT2D eigenvalue weighted by molar-refractivity contribution is 0.306. The lowest BCUT2D eigenvalue weighted by atomic mass is 10.2. The van der Waals surface area contributed by atoms with Crippen molar-refractivity contribution >= 4 is 30.8 Å². The number of halogens is 1. The normalized spacial score (nSPS) is 10.7. The Morgan fingerprint density at radius 3 is 1.48 bits per heavy atom. The highest BCUT2D eigenvalue weighted by molar-refractivity contribution is 5.85. The molecule has 0 amide bonds. The summed E-state index contributed by atoms with van der Waals surface area (Å²) in [5, 5.41) is 15.9. The SMILES string of the molecule is CCCCCOc1ccc(C=NNC(=N)NN=Cc2ccc(OCCCCC)cc2)cc1.Cl. The zero-order valence-electron chi connectivity index (χ0n) is 19.5. The van der Waals surface area contributed by atoms with Gasteiger partial charge in [-0.15, -0.1) is 12.4 Å². The van der Waals surface area contributed by atoms with Crippen molar-refractivity contribution in [2.75, 3.05) is 13.2 Å². The maximum atomic E-state index is 7.82. The monoisotopic (exact) mass is 473 g/mol. The minimum Gasteiger partial charge on any atom is -0.494 e. The minimum atomic E-state index is -0.0238. The fourth-order valence-corrected chi connectivity index (χ4v) is 2.75. The second kappa shape index (κ2) is 17.5. The van der Waals surface area contributed by atoms with Gasteiger partial charge in [0.1, 0.15) is 11.5 Å². The third kappa shape index (κ3) is 12.5. The van der Waals surface area contributed by atoms with Gasteiger partial charge in [0.05, 0.1) is 25.6 Å². The molecule has 2 aromatic rings. The molecule has 0 bridgehead atoms. The Balaban J connectivity index is 0.00000544. The number of guanidine groups is 1. The summed E-state index contributed by atoms with van der Waals surface area (Å²) in [6.45, 7) is 5.83. The van der Waals surface area contributed by atoms with Gasteiger partial charge in [-0.05, 0) is 72.5 Å². The molecule has 3 N–H and O–H groups in total. The molecule has 0 saturated heterocycles. The van der Waals surface area contributed by atoms with Crippen LogP contribution in [0.4, 0.5) is 0 Å². The van der Waals surface area contributed by atoms with Crippen LogP contribution in [0.2, 0.25) is 0 Å². The topological polar surface area (TPSA) is 91.1 Å². The van der Waals surface area contributed by atoms with Gasteiger partial charge in [0.25, 0.3) is 0 Å². The number of benzene rings is 2. The van der Waals surface area contributed by atoms with Crippen molar-refractivity contribution in [3.05, 3.63) is 59.7 Å². The van der Waals surface area contributed by atoms with Gasteiger partial charge < -0.3 is 9.47 Å². The van der Waals surface area contributed by atoms with Gasteiger partial charge >= 0.3 is 0 Å². The molecule has 0 fully saturated rings. The first-order valence-corrected chi connectivity index (χ1v) is 11.3. The van der Waals surface area contributed by atoms with E-state index in [1.807, 2.05) is 48.5 Å². The Hall–Kier alpha value is -3.06. The summed E-state index contributed by atoms with van der Waals surface area (Å²) in [5.41, 5.74) is 7.02. The van der Waals surface area contributed by atoms with Crippen LogP contribution >= 0.6 is 12.4 Å². The predicted octanol–water partition coefficient (Wildman–Crippen LogP) is 5.73. The molecule has 0 radical (unpaired) electrons. The summed E-state index contributed by atoms with van der Waals surface area (Å²) >= 11 is 0. The zero-order chi connectivity index (χ0) is 22.9. The van der Waals surface area contributed by atoms with E-state index in [2.05, 4.69) is 34.9 Å². The van der Waals surface area contributed by atoms with E-state index in [4.69, 9.17) is 14.9 Å². The lowest BCUT2D eigenvalue weighted by Crippen LogP contribution is -2.29. The second-order valence-corrected chi connectivity index (χ2v) is 7.36. The average molecular weight is 474 g/mol. The van der Waals surface area contributed by atoms with Crippen molar-refractivity contribution in [2.45, 2.75) is 52.4 Å². The van der Waals surface area contributed by atoms with E-state index in [-0.39, 0.29) is 18.4 Å². The summed E-state index contributed by atoms with van der Waals surface area (Å²) in [4.78, 5) is 0. The minimum absolute atomic E-state index is 0. The number of unbranched alkanes of at least 4 members (excludes halogenated alkanes) is 4. The average Bonchev–Trinajstić information content (AvgIpc) is 2.81. The van der Waals surface area contributed by atoms with Crippen LogP contribution in [0.15, 0.2) is 58.7 Å². The smallest absolute Gasteiger partial charge is 0.230 e. The van der Waals surface area contributed by atoms with Crippen molar-refractivity contribution in [3.8, 4) is 11.5 Å². The molecule has 0 aliphatic rings. The van der Waals surface area contributed by atoms with Gasteiger partial charge in [0.15, 0.2) is 0 Å². The maximum Gasteiger partial charge on any atom is 0.230 e. The van der Waals surface area contributed by atoms with E-state index >= 15 is 0 Å². The van der Waals surface area contributed by atoms with E-state index in [1.165, 1.54) is 25.7 Å². The third-order valence-electron chi connectivity index (χ3n) is 4.57. The summed E-state index contributed by atoms with van der Waals surface area (Å²) < 4.78 is 11.4. The highest BCUT2D eigenvalue weighted by atomic mass is 35.5. The summed E-state index contributed by atoms with van der Waals surface area (Å²) in [7, 11) is 0. The molecule has 0 aromatic heterocycles. The molecule has 180 valence electrons. The Kier molecular flexibility index (Phi) is 14.8. The van der Waals surface area contributed by atoms with Crippen LogP contribution in [0.25, 0.3) is 0 Å². The number of hydrazone groups is 2. The molecule has 33 heavy (non-hydrogen) atoms. The molecule has 2 aromatic carbocycles. The highest BCUT2D eigenvalue weighted by Crippen LogP contribution is 2.13. The van der Waals surface area contributed by atoms with Crippen LogP contribution in [0.3, 0.4) is 0 Å². The maximum absolute atomic E-state index is 7.82. The van der Waals surface area contributed by atoms with E-state index in [0.29, 0.717) is 0 Å². The molecule has 0 spiro atoms. The molecular weight excluding hydrogens is 438 g/mol. The van der Waals surface area contributed by atoms with Gasteiger partial charge in [-0.2, -0.15) is 10.2 Å². The van der Waals surface area contributed by atoms with Gasteiger partial charge in [-0.25, -0.2) is 10.9 Å². The standard InChI is InChI=1S/C25H35N5O2.ClH/c1-3-5-7-17-31-23-13-9-21(10-14-23)19-27-29-25(26)30-28-20-22-11-15-24(16-12-22)32-18-8-6-4-2;/h9-16,19-20H,3-8,17-18H2,1-2H3,(H3,26,29,30);1H. The zero-order valence-corrected chi connectivity index (χ0v) is 20.4. The van der Waals surface area contributed by atoms with Crippen LogP contribution in [0.1, 0.15) is 63.5 Å². The Bertz CT molecular complexity index is 769. The molecule has 0 heterocycles. The van der Waals surface area contributed by atoms with Crippen molar-refractivity contribution in [1.82, 2.24) is 10.9 Å². The molecule has 2 rings (SSSR count). The fourth-order valence-electron chi connectivity index (χ4n) is 2.75. The molecule has 8 heteroatoms. The van der Waals surface area contributed by atoms with Crippen LogP contribution in [-0.4, -0.2) is 31.6 Å². The number of nitrogens with zero attached hydrogens (tertiary/aromatic N) is 2. The van der Waals surface area contributed by atoms with Crippen LogP contribution in [0.5, 0.6) is 11.5 Å². The number of nitrogens with one attached hydrogen (secondary N) is 3. The Morgan fingerprint density at radius 1 is 0.727 bits per heavy atom. The van der Waals surface area contributed by atoms with Crippen molar-refractivity contribution < 1.29 is 9.47 Å². The first-order chi connectivity index (χ1) is 15.7. The molecule has 0 aliphatic heterocycles. The highest BCUT2D eigenvalue weighted by Gasteiger charge is 1.96. The number of rotatable bonds is 14. The van der Waals surface area contributed by atoms with Crippen LogP contribution in [-0.2, 0) is 0 Å². The Labute approximate surface area is 203 Å². The quantitative estimate of drug-likeness (QED) is 0.141. The van der Waals surface area contributed by atoms with E-state index < -0.39 is 0 Å². The first-order valence-electron chi connectivity index (χ1n) is 11.3. The van der Waals surface area contributed by atoms with E-state index in [1.54, 1.807) is 12.4 Å². The van der Waals surface area contributed by atoms with E-state index in [0.717, 1.165) is 48.7 Å². The molecule has 7 nitrogen and oxygen atoms in total. The van der Waals surface area contributed by atoms with Gasteiger partial charge in [-0.1, -0.05) is 39.5 Å².